The van der Waals surface area contributed by atoms with E-state index in [1.54, 1.807) is 24.3 Å². The molecule has 1 atom stereocenters. The summed E-state index contributed by atoms with van der Waals surface area (Å²) >= 11 is 0. The summed E-state index contributed by atoms with van der Waals surface area (Å²) in [6.45, 7) is 7.39. The van der Waals surface area contributed by atoms with Crippen LogP contribution in [0.4, 0.5) is 6.01 Å². The zero-order chi connectivity index (χ0) is 24.2. The highest BCUT2D eigenvalue weighted by molar-refractivity contribution is 5.79. The molecule has 0 bridgehead atoms. The predicted molar refractivity (Wildman–Crippen MR) is 134 cm³/mol. The van der Waals surface area contributed by atoms with Crippen LogP contribution in [-0.2, 0) is 11.3 Å². The molecule has 3 aromatic rings. The maximum atomic E-state index is 12.8. The molecule has 2 saturated heterocycles. The molecule has 3 heterocycles. The molecule has 0 spiro atoms. The summed E-state index contributed by atoms with van der Waals surface area (Å²) in [5, 5.41) is 16.7. The van der Waals surface area contributed by atoms with Crippen molar-refractivity contribution in [2.24, 2.45) is 11.8 Å². The van der Waals surface area contributed by atoms with Gasteiger partial charge in [0.1, 0.15) is 5.75 Å². The third-order valence-corrected chi connectivity index (χ3v) is 7.14. The van der Waals surface area contributed by atoms with Crippen molar-refractivity contribution in [1.29, 1.82) is 0 Å². The fraction of sp³-hybridized carbons (Fsp3) is 0.444. The Morgan fingerprint density at radius 1 is 1.06 bits per heavy atom. The standard InChI is InChI=1S/C27H33N5O3/c1-19-2-4-20(5-3-19)17-31-13-10-21(18-31)16-28-26(34)23-11-14-32(15-12-23)27-29-25(30-35-27)22-6-8-24(33)9-7-22/h2-9,21,23,33H,10-18H2,1H3,(H,28,34). The van der Waals surface area contributed by atoms with E-state index in [1.807, 2.05) is 4.90 Å². The molecule has 2 aliphatic rings. The van der Waals surface area contributed by atoms with E-state index in [-0.39, 0.29) is 17.6 Å². The quantitative estimate of drug-likeness (QED) is 0.539. The SMILES string of the molecule is Cc1ccc(CN2CCC(CNC(=O)C3CCN(c4nc(-c5ccc(O)cc5)no4)CC3)C2)cc1. The van der Waals surface area contributed by atoms with Crippen molar-refractivity contribution >= 4 is 11.9 Å². The van der Waals surface area contributed by atoms with Crippen molar-refractivity contribution in [3.8, 4) is 17.1 Å². The lowest BCUT2D eigenvalue weighted by molar-refractivity contribution is -0.125. The van der Waals surface area contributed by atoms with E-state index in [1.165, 1.54) is 11.1 Å². The third-order valence-electron chi connectivity index (χ3n) is 7.14. The van der Waals surface area contributed by atoms with Gasteiger partial charge in [0.15, 0.2) is 0 Å². The Balaban J connectivity index is 1.05. The van der Waals surface area contributed by atoms with Gasteiger partial charge in [-0.2, -0.15) is 4.98 Å². The van der Waals surface area contributed by atoms with Crippen LogP contribution in [0.15, 0.2) is 53.1 Å². The lowest BCUT2D eigenvalue weighted by Gasteiger charge is -2.30. The van der Waals surface area contributed by atoms with E-state index in [0.717, 1.165) is 51.0 Å². The van der Waals surface area contributed by atoms with E-state index in [4.69, 9.17) is 4.52 Å². The van der Waals surface area contributed by atoms with Crippen molar-refractivity contribution in [1.82, 2.24) is 20.4 Å². The highest BCUT2D eigenvalue weighted by atomic mass is 16.5. The number of carbonyl (C=O) groups excluding carboxylic acids is 1. The Kier molecular flexibility index (Phi) is 6.99. The predicted octanol–water partition coefficient (Wildman–Crippen LogP) is 3.61. The van der Waals surface area contributed by atoms with E-state index in [0.29, 0.717) is 30.8 Å². The van der Waals surface area contributed by atoms with Crippen LogP contribution in [0, 0.1) is 18.8 Å². The molecule has 184 valence electrons. The van der Waals surface area contributed by atoms with Gasteiger partial charge < -0.3 is 19.8 Å². The topological polar surface area (TPSA) is 94.7 Å². The van der Waals surface area contributed by atoms with Gasteiger partial charge in [-0.25, -0.2) is 0 Å². The van der Waals surface area contributed by atoms with Crippen LogP contribution in [-0.4, -0.2) is 58.8 Å². The number of aromatic nitrogens is 2. The smallest absolute Gasteiger partial charge is 0.324 e. The van der Waals surface area contributed by atoms with Crippen LogP contribution in [0.5, 0.6) is 5.75 Å². The summed E-state index contributed by atoms with van der Waals surface area (Å²) in [4.78, 5) is 21.8. The molecule has 0 saturated carbocycles. The molecule has 5 rings (SSSR count). The van der Waals surface area contributed by atoms with E-state index < -0.39 is 0 Å². The second kappa shape index (κ2) is 10.5. The molecule has 1 unspecified atom stereocenters. The number of phenols is 1. The first-order chi connectivity index (χ1) is 17.0. The Morgan fingerprint density at radius 2 is 1.80 bits per heavy atom. The second-order valence-corrected chi connectivity index (χ2v) is 9.83. The number of rotatable bonds is 7. The average Bonchev–Trinajstić information content (AvgIpc) is 3.55. The highest BCUT2D eigenvalue weighted by Crippen LogP contribution is 2.26. The Hall–Kier alpha value is -3.39. The van der Waals surface area contributed by atoms with Gasteiger partial charge in [-0.05, 0) is 68.5 Å². The Labute approximate surface area is 205 Å². The van der Waals surface area contributed by atoms with Crippen molar-refractivity contribution < 1.29 is 14.4 Å². The lowest BCUT2D eigenvalue weighted by atomic mass is 9.96. The molecule has 2 aliphatic heterocycles. The summed E-state index contributed by atoms with van der Waals surface area (Å²) in [5.74, 6) is 1.40. The molecule has 2 fully saturated rings. The number of hydrogen-bond acceptors (Lipinski definition) is 7. The van der Waals surface area contributed by atoms with Gasteiger partial charge in [-0.3, -0.25) is 9.69 Å². The first kappa shape index (κ1) is 23.4. The molecule has 1 aromatic heterocycles. The number of hydrogen-bond donors (Lipinski definition) is 2. The molecular formula is C27H33N5O3. The van der Waals surface area contributed by atoms with Gasteiger partial charge in [0, 0.05) is 44.2 Å². The maximum absolute atomic E-state index is 12.8. The summed E-state index contributed by atoms with van der Waals surface area (Å²) in [5.41, 5.74) is 3.43. The molecular weight excluding hydrogens is 442 g/mol. The van der Waals surface area contributed by atoms with Crippen LogP contribution < -0.4 is 10.2 Å². The number of nitrogens with one attached hydrogen (secondary N) is 1. The normalized spacial score (nSPS) is 19.2. The minimum Gasteiger partial charge on any atom is -0.508 e. The van der Waals surface area contributed by atoms with Crippen molar-refractivity contribution in [2.75, 3.05) is 37.6 Å². The van der Waals surface area contributed by atoms with Gasteiger partial charge in [-0.15, -0.1) is 0 Å². The highest BCUT2D eigenvalue weighted by Gasteiger charge is 2.29. The van der Waals surface area contributed by atoms with Gasteiger partial charge in [0.05, 0.1) is 0 Å². The van der Waals surface area contributed by atoms with E-state index >= 15 is 0 Å². The van der Waals surface area contributed by atoms with Crippen LogP contribution >= 0.6 is 0 Å². The van der Waals surface area contributed by atoms with E-state index in [2.05, 4.69) is 51.5 Å². The van der Waals surface area contributed by atoms with Gasteiger partial charge in [0.2, 0.25) is 11.7 Å². The number of aromatic hydroxyl groups is 1. The summed E-state index contributed by atoms with van der Waals surface area (Å²) in [7, 11) is 0. The zero-order valence-electron chi connectivity index (χ0n) is 20.2. The van der Waals surface area contributed by atoms with Crippen molar-refractivity contribution in [2.45, 2.75) is 32.7 Å². The van der Waals surface area contributed by atoms with Gasteiger partial charge in [0.25, 0.3) is 0 Å². The van der Waals surface area contributed by atoms with Crippen LogP contribution in [0.1, 0.15) is 30.4 Å². The Bertz CT molecular complexity index is 1120. The number of phenolic OH excluding ortho intramolecular Hbond substituents is 1. The minimum absolute atomic E-state index is 0.0239. The number of benzene rings is 2. The lowest BCUT2D eigenvalue weighted by Crippen LogP contribution is -2.42. The third kappa shape index (κ3) is 5.82. The first-order valence-electron chi connectivity index (χ1n) is 12.5. The zero-order valence-corrected chi connectivity index (χ0v) is 20.2. The largest absolute Gasteiger partial charge is 0.508 e. The fourth-order valence-corrected chi connectivity index (χ4v) is 4.97. The van der Waals surface area contributed by atoms with Crippen LogP contribution in [0.3, 0.4) is 0 Å². The number of piperidine rings is 1. The molecule has 8 nitrogen and oxygen atoms in total. The summed E-state index contributed by atoms with van der Waals surface area (Å²) in [6, 6.07) is 15.9. The number of anilines is 1. The van der Waals surface area contributed by atoms with Crippen molar-refractivity contribution in [3.63, 3.8) is 0 Å². The van der Waals surface area contributed by atoms with E-state index in [9.17, 15) is 9.90 Å². The average molecular weight is 476 g/mol. The number of aryl methyl sites for hydroxylation is 1. The van der Waals surface area contributed by atoms with Gasteiger partial charge >= 0.3 is 6.01 Å². The molecule has 2 aromatic carbocycles. The number of nitrogens with zero attached hydrogens (tertiary/aromatic N) is 4. The van der Waals surface area contributed by atoms with Gasteiger partial charge in [-0.1, -0.05) is 35.0 Å². The number of carbonyl (C=O) groups is 1. The number of amides is 1. The fourth-order valence-electron chi connectivity index (χ4n) is 4.97. The van der Waals surface area contributed by atoms with Crippen LogP contribution in [0.2, 0.25) is 0 Å². The minimum atomic E-state index is 0.0239. The summed E-state index contributed by atoms with van der Waals surface area (Å²) < 4.78 is 5.46. The molecule has 35 heavy (non-hydrogen) atoms. The molecule has 8 heteroatoms. The number of likely N-dealkylation sites (tertiary alicyclic amines) is 1. The molecule has 1 amide bonds. The molecule has 0 aliphatic carbocycles. The first-order valence-corrected chi connectivity index (χ1v) is 12.5. The van der Waals surface area contributed by atoms with Crippen LogP contribution in [0.25, 0.3) is 11.4 Å². The second-order valence-electron chi connectivity index (χ2n) is 9.83. The van der Waals surface area contributed by atoms with Crippen molar-refractivity contribution in [3.05, 3.63) is 59.7 Å². The molecule has 2 N–H and O–H groups in total. The monoisotopic (exact) mass is 475 g/mol. The molecule has 0 radical (unpaired) electrons. The Morgan fingerprint density at radius 3 is 2.54 bits per heavy atom. The maximum Gasteiger partial charge on any atom is 0.324 e. The summed E-state index contributed by atoms with van der Waals surface area (Å²) in [6.07, 6.45) is 2.67.